The molecule has 0 bridgehead atoms. The van der Waals surface area contributed by atoms with E-state index in [0.29, 0.717) is 0 Å². The van der Waals surface area contributed by atoms with E-state index < -0.39 is 12.5 Å². The summed E-state index contributed by atoms with van der Waals surface area (Å²) in [5, 5.41) is 8.90. The van der Waals surface area contributed by atoms with Crippen molar-refractivity contribution in [1.82, 2.24) is 0 Å². The van der Waals surface area contributed by atoms with Crippen LogP contribution in [0.1, 0.15) is 77.6 Å². The van der Waals surface area contributed by atoms with Gasteiger partial charge in [0.15, 0.2) is 0 Å². The molecule has 0 amide bonds. The third-order valence-corrected chi connectivity index (χ3v) is 3.14. The second-order valence-electron chi connectivity index (χ2n) is 4.87. The highest BCUT2D eigenvalue weighted by Gasteiger charge is 2.15. The van der Waals surface area contributed by atoms with Gasteiger partial charge in [0.2, 0.25) is 0 Å². The van der Waals surface area contributed by atoms with Gasteiger partial charge < -0.3 is 5.11 Å². The molecule has 0 saturated heterocycles. The van der Waals surface area contributed by atoms with Crippen LogP contribution in [-0.4, -0.2) is 17.6 Å². The number of unbranched alkanes of at least 4 members (excludes halogenated alkanes) is 9. The van der Waals surface area contributed by atoms with Crippen molar-refractivity contribution in [3.8, 4) is 0 Å². The van der Waals surface area contributed by atoms with E-state index in [0.717, 1.165) is 19.3 Å². The minimum absolute atomic E-state index is 0.244. The van der Waals surface area contributed by atoms with E-state index in [1.807, 2.05) is 0 Å². The van der Waals surface area contributed by atoms with Crippen LogP contribution in [0, 0.1) is 0 Å². The monoisotopic (exact) mass is 250 g/mol. The zero-order valence-electron chi connectivity index (χ0n) is 11.1. The standard InChI is InChI=1S/C14H28F2O/c1-2-3-4-5-6-7-8-9-10-11-12-13(17)14(15)16/h13-14,17H,2-12H2,1H3. The minimum atomic E-state index is -2.58. The van der Waals surface area contributed by atoms with Gasteiger partial charge in [-0.1, -0.05) is 71.1 Å². The molecule has 0 fully saturated rings. The first kappa shape index (κ1) is 16.8. The molecule has 0 radical (unpaired) electrons. The van der Waals surface area contributed by atoms with Crippen molar-refractivity contribution in [2.45, 2.75) is 90.1 Å². The van der Waals surface area contributed by atoms with Crippen LogP contribution in [0.5, 0.6) is 0 Å². The van der Waals surface area contributed by atoms with Crippen LogP contribution in [0.15, 0.2) is 0 Å². The molecule has 0 saturated carbocycles. The van der Waals surface area contributed by atoms with E-state index in [4.69, 9.17) is 5.11 Å². The Bertz CT molecular complexity index is 151. The van der Waals surface area contributed by atoms with Gasteiger partial charge in [-0.3, -0.25) is 0 Å². The summed E-state index contributed by atoms with van der Waals surface area (Å²) in [7, 11) is 0. The third kappa shape index (κ3) is 12.1. The molecule has 3 heteroatoms. The Morgan fingerprint density at radius 3 is 1.59 bits per heavy atom. The fourth-order valence-electron chi connectivity index (χ4n) is 1.97. The van der Waals surface area contributed by atoms with Crippen LogP contribution in [0.3, 0.4) is 0 Å². The van der Waals surface area contributed by atoms with Gasteiger partial charge in [0.05, 0.1) is 0 Å². The van der Waals surface area contributed by atoms with E-state index >= 15 is 0 Å². The van der Waals surface area contributed by atoms with Crippen LogP contribution in [0.2, 0.25) is 0 Å². The zero-order chi connectivity index (χ0) is 12.9. The summed E-state index contributed by atoms with van der Waals surface area (Å²) in [4.78, 5) is 0. The molecule has 0 aliphatic rings. The second kappa shape index (κ2) is 12.3. The molecule has 0 rings (SSSR count). The Morgan fingerprint density at radius 1 is 0.765 bits per heavy atom. The number of aliphatic hydroxyl groups excluding tert-OH is 1. The molecule has 17 heavy (non-hydrogen) atoms. The Morgan fingerprint density at radius 2 is 1.18 bits per heavy atom. The molecule has 0 aromatic heterocycles. The number of hydrogen-bond acceptors (Lipinski definition) is 1. The lowest BCUT2D eigenvalue weighted by atomic mass is 10.0. The maximum Gasteiger partial charge on any atom is 0.264 e. The van der Waals surface area contributed by atoms with Crippen molar-refractivity contribution in [2.75, 3.05) is 0 Å². The lowest BCUT2D eigenvalue weighted by Crippen LogP contribution is -2.16. The first-order valence-electron chi connectivity index (χ1n) is 7.14. The lowest BCUT2D eigenvalue weighted by molar-refractivity contribution is -0.0100. The number of rotatable bonds is 12. The van der Waals surface area contributed by atoms with E-state index in [1.54, 1.807) is 0 Å². The van der Waals surface area contributed by atoms with Gasteiger partial charge in [0, 0.05) is 0 Å². The summed E-state index contributed by atoms with van der Waals surface area (Å²) in [5.74, 6) is 0. The van der Waals surface area contributed by atoms with Crippen LogP contribution >= 0.6 is 0 Å². The quantitative estimate of drug-likeness (QED) is 0.487. The van der Waals surface area contributed by atoms with Crippen LogP contribution in [-0.2, 0) is 0 Å². The molecule has 1 nitrogen and oxygen atoms in total. The van der Waals surface area contributed by atoms with Gasteiger partial charge in [-0.2, -0.15) is 0 Å². The van der Waals surface area contributed by atoms with Gasteiger partial charge in [0.1, 0.15) is 6.10 Å². The van der Waals surface area contributed by atoms with E-state index in [9.17, 15) is 8.78 Å². The summed E-state index contributed by atoms with van der Waals surface area (Å²) in [6, 6.07) is 0. The highest BCUT2D eigenvalue weighted by molar-refractivity contribution is 4.57. The third-order valence-electron chi connectivity index (χ3n) is 3.14. The summed E-state index contributed by atoms with van der Waals surface area (Å²) in [6.07, 6.45) is 8.14. The Hall–Kier alpha value is -0.180. The van der Waals surface area contributed by atoms with Crippen LogP contribution < -0.4 is 0 Å². The van der Waals surface area contributed by atoms with Crippen LogP contribution in [0.4, 0.5) is 8.78 Å². The number of aliphatic hydroxyl groups is 1. The topological polar surface area (TPSA) is 20.2 Å². The first-order valence-corrected chi connectivity index (χ1v) is 7.14. The molecule has 0 aliphatic heterocycles. The molecule has 104 valence electrons. The van der Waals surface area contributed by atoms with Gasteiger partial charge in [0.25, 0.3) is 6.43 Å². The second-order valence-corrected chi connectivity index (χ2v) is 4.87. The van der Waals surface area contributed by atoms with Crippen molar-refractivity contribution in [3.05, 3.63) is 0 Å². The molecule has 0 aromatic carbocycles. The van der Waals surface area contributed by atoms with Crippen molar-refractivity contribution < 1.29 is 13.9 Å². The Labute approximate surface area is 105 Å². The number of halogens is 2. The maximum atomic E-state index is 12.0. The molecular weight excluding hydrogens is 222 g/mol. The van der Waals surface area contributed by atoms with Crippen molar-refractivity contribution in [1.29, 1.82) is 0 Å². The first-order chi connectivity index (χ1) is 8.18. The van der Waals surface area contributed by atoms with Crippen molar-refractivity contribution >= 4 is 0 Å². The Balaban J connectivity index is 3.03. The molecule has 1 N–H and O–H groups in total. The maximum absolute atomic E-state index is 12.0. The molecule has 0 heterocycles. The molecule has 0 aliphatic carbocycles. The number of hydrogen-bond donors (Lipinski definition) is 1. The van der Waals surface area contributed by atoms with Crippen molar-refractivity contribution in [3.63, 3.8) is 0 Å². The molecule has 0 aromatic rings. The fourth-order valence-corrected chi connectivity index (χ4v) is 1.97. The smallest absolute Gasteiger partial charge is 0.264 e. The molecule has 1 atom stereocenters. The summed E-state index contributed by atoms with van der Waals surface area (Å²) in [5.41, 5.74) is 0. The summed E-state index contributed by atoms with van der Waals surface area (Å²) >= 11 is 0. The van der Waals surface area contributed by atoms with E-state index in [2.05, 4.69) is 6.92 Å². The highest BCUT2D eigenvalue weighted by atomic mass is 19.3. The molecular formula is C14H28F2O. The predicted octanol–water partition coefficient (Wildman–Crippen LogP) is 4.92. The van der Waals surface area contributed by atoms with Gasteiger partial charge in [-0.15, -0.1) is 0 Å². The molecule has 1 unspecified atom stereocenters. The highest BCUT2D eigenvalue weighted by Crippen LogP contribution is 2.13. The van der Waals surface area contributed by atoms with Gasteiger partial charge in [-0.25, -0.2) is 8.78 Å². The predicted molar refractivity (Wildman–Crippen MR) is 68.5 cm³/mol. The fraction of sp³-hybridized carbons (Fsp3) is 1.00. The normalized spacial score (nSPS) is 13.2. The average molecular weight is 250 g/mol. The van der Waals surface area contributed by atoms with Gasteiger partial charge in [-0.05, 0) is 6.42 Å². The summed E-state index contributed by atoms with van der Waals surface area (Å²) in [6.45, 7) is 2.22. The van der Waals surface area contributed by atoms with Gasteiger partial charge >= 0.3 is 0 Å². The van der Waals surface area contributed by atoms with E-state index in [-0.39, 0.29) is 6.42 Å². The average Bonchev–Trinajstić information content (AvgIpc) is 2.31. The SMILES string of the molecule is CCCCCCCCCCCCC(O)C(F)F. The number of alkyl halides is 2. The van der Waals surface area contributed by atoms with Crippen LogP contribution in [0.25, 0.3) is 0 Å². The van der Waals surface area contributed by atoms with Crippen molar-refractivity contribution in [2.24, 2.45) is 0 Å². The zero-order valence-corrected chi connectivity index (χ0v) is 11.1. The molecule has 0 spiro atoms. The summed E-state index contributed by atoms with van der Waals surface area (Å²) < 4.78 is 23.9. The minimum Gasteiger partial charge on any atom is -0.387 e. The largest absolute Gasteiger partial charge is 0.387 e. The Kier molecular flexibility index (Phi) is 12.2. The van der Waals surface area contributed by atoms with E-state index in [1.165, 1.54) is 44.9 Å². The lowest BCUT2D eigenvalue weighted by Gasteiger charge is -2.08.